The van der Waals surface area contributed by atoms with E-state index in [0.29, 0.717) is 5.82 Å². The van der Waals surface area contributed by atoms with Gasteiger partial charge < -0.3 is 15.7 Å². The highest BCUT2D eigenvalue weighted by Gasteiger charge is 2.21. The summed E-state index contributed by atoms with van der Waals surface area (Å²) < 4.78 is 0. The first-order valence-electron chi connectivity index (χ1n) is 6.49. The summed E-state index contributed by atoms with van der Waals surface area (Å²) in [6.07, 6.45) is 3.69. The molecule has 106 valence electrons. The molecule has 0 unspecified atom stereocenters. The van der Waals surface area contributed by atoms with Gasteiger partial charge in [-0.3, -0.25) is 4.79 Å². The summed E-state index contributed by atoms with van der Waals surface area (Å²) in [5, 5.41) is 15.2. The van der Waals surface area contributed by atoms with Crippen LogP contribution in [0, 0.1) is 0 Å². The topological polar surface area (TPSA) is 87.1 Å². The molecule has 0 radical (unpaired) electrons. The molecule has 1 aromatic rings. The van der Waals surface area contributed by atoms with Crippen molar-refractivity contribution < 1.29 is 9.90 Å². The molecule has 0 aromatic carbocycles. The molecule has 19 heavy (non-hydrogen) atoms. The number of aliphatic carboxylic acids is 1. The largest absolute Gasteiger partial charge is 0.481 e. The summed E-state index contributed by atoms with van der Waals surface area (Å²) in [6, 6.07) is 1.79. The molecule has 0 amide bonds. The van der Waals surface area contributed by atoms with Gasteiger partial charge in [0.1, 0.15) is 18.0 Å². The molecule has 6 heteroatoms. The van der Waals surface area contributed by atoms with Crippen molar-refractivity contribution in [1.82, 2.24) is 9.97 Å². The average molecular weight is 266 g/mol. The van der Waals surface area contributed by atoms with Crippen LogP contribution in [0.3, 0.4) is 0 Å². The molecular weight excluding hydrogens is 244 g/mol. The number of rotatable bonds is 8. The third-order valence-corrected chi connectivity index (χ3v) is 2.56. The lowest BCUT2D eigenvalue weighted by Crippen LogP contribution is -2.34. The van der Waals surface area contributed by atoms with E-state index in [-0.39, 0.29) is 6.42 Å². The lowest BCUT2D eigenvalue weighted by atomic mass is 10.0. The monoisotopic (exact) mass is 266 g/mol. The number of nitrogens with zero attached hydrogens (tertiary/aromatic N) is 2. The Morgan fingerprint density at radius 3 is 2.68 bits per heavy atom. The van der Waals surface area contributed by atoms with Crippen LogP contribution in [0.4, 0.5) is 11.6 Å². The predicted octanol–water partition coefficient (Wildman–Crippen LogP) is 2.35. The number of nitrogens with one attached hydrogen (secondary N) is 2. The molecule has 0 aliphatic carbocycles. The molecule has 0 saturated carbocycles. The van der Waals surface area contributed by atoms with Crippen LogP contribution in [-0.4, -0.2) is 33.1 Å². The van der Waals surface area contributed by atoms with Gasteiger partial charge in [-0.05, 0) is 20.3 Å². The predicted molar refractivity (Wildman–Crippen MR) is 75.4 cm³/mol. The number of unbranched alkanes of at least 4 members (excludes halogenated alkanes) is 1. The van der Waals surface area contributed by atoms with Crippen LogP contribution < -0.4 is 10.6 Å². The fourth-order valence-corrected chi connectivity index (χ4v) is 1.68. The summed E-state index contributed by atoms with van der Waals surface area (Å²) in [7, 11) is 0. The summed E-state index contributed by atoms with van der Waals surface area (Å²) in [6.45, 7) is 6.65. The number of hydrogen-bond acceptors (Lipinski definition) is 5. The van der Waals surface area contributed by atoms with Crippen molar-refractivity contribution in [1.29, 1.82) is 0 Å². The lowest BCUT2D eigenvalue weighted by molar-refractivity contribution is -0.137. The molecule has 0 bridgehead atoms. The van der Waals surface area contributed by atoms with E-state index in [1.807, 2.05) is 13.8 Å². The van der Waals surface area contributed by atoms with Crippen molar-refractivity contribution in [2.75, 3.05) is 17.2 Å². The van der Waals surface area contributed by atoms with Crippen molar-refractivity contribution in [3.63, 3.8) is 0 Å². The van der Waals surface area contributed by atoms with Gasteiger partial charge in [0.2, 0.25) is 0 Å². The van der Waals surface area contributed by atoms with Gasteiger partial charge in [0.25, 0.3) is 0 Å². The smallest absolute Gasteiger partial charge is 0.305 e. The molecule has 0 aliphatic rings. The fourth-order valence-electron chi connectivity index (χ4n) is 1.68. The van der Waals surface area contributed by atoms with Crippen LogP contribution in [0.2, 0.25) is 0 Å². The maximum absolute atomic E-state index is 10.8. The normalized spacial score (nSPS) is 11.1. The zero-order chi connectivity index (χ0) is 14.3. The zero-order valence-electron chi connectivity index (χ0n) is 11.7. The minimum absolute atomic E-state index is 0.0234. The second-order valence-corrected chi connectivity index (χ2v) is 5.15. The van der Waals surface area contributed by atoms with E-state index in [2.05, 4.69) is 27.5 Å². The molecule has 0 spiro atoms. The van der Waals surface area contributed by atoms with E-state index in [1.54, 1.807) is 6.07 Å². The molecule has 3 N–H and O–H groups in total. The fraction of sp³-hybridized carbons (Fsp3) is 0.615. The van der Waals surface area contributed by atoms with Gasteiger partial charge >= 0.3 is 5.97 Å². The maximum Gasteiger partial charge on any atom is 0.305 e. The zero-order valence-corrected chi connectivity index (χ0v) is 11.7. The van der Waals surface area contributed by atoms with Gasteiger partial charge in [-0.15, -0.1) is 0 Å². The summed E-state index contributed by atoms with van der Waals surface area (Å²) in [4.78, 5) is 19.0. The average Bonchev–Trinajstić information content (AvgIpc) is 2.27. The van der Waals surface area contributed by atoms with Crippen molar-refractivity contribution in [3.05, 3.63) is 12.4 Å². The van der Waals surface area contributed by atoms with Gasteiger partial charge in [-0.1, -0.05) is 13.3 Å². The highest BCUT2D eigenvalue weighted by Crippen LogP contribution is 2.17. The van der Waals surface area contributed by atoms with Crippen molar-refractivity contribution >= 4 is 17.6 Å². The van der Waals surface area contributed by atoms with Crippen LogP contribution >= 0.6 is 0 Å². The van der Waals surface area contributed by atoms with Crippen LogP contribution in [0.15, 0.2) is 12.4 Å². The molecule has 1 aromatic heterocycles. The number of carboxylic acid groups (broad SMARTS) is 1. The first-order chi connectivity index (χ1) is 8.93. The second-order valence-electron chi connectivity index (χ2n) is 5.15. The standard InChI is InChI=1S/C13H22N4O2/c1-4-5-6-14-10-7-11(16-9-15-10)17-13(2,3)8-12(18)19/h7,9H,4-6,8H2,1-3H3,(H,18,19)(H2,14,15,16,17). The number of carboxylic acids is 1. The maximum atomic E-state index is 10.8. The minimum Gasteiger partial charge on any atom is -0.481 e. The molecule has 0 fully saturated rings. The van der Waals surface area contributed by atoms with Crippen LogP contribution in [-0.2, 0) is 4.79 Å². The Balaban J connectivity index is 2.63. The molecule has 1 rings (SSSR count). The Bertz CT molecular complexity index is 421. The van der Waals surface area contributed by atoms with Crippen LogP contribution in [0.25, 0.3) is 0 Å². The lowest BCUT2D eigenvalue weighted by Gasteiger charge is -2.25. The Labute approximate surface area is 113 Å². The third-order valence-electron chi connectivity index (χ3n) is 2.56. The summed E-state index contributed by atoms with van der Waals surface area (Å²) >= 11 is 0. The van der Waals surface area contributed by atoms with E-state index in [4.69, 9.17) is 5.11 Å². The van der Waals surface area contributed by atoms with E-state index in [0.717, 1.165) is 25.2 Å². The Hall–Kier alpha value is -1.85. The number of hydrogen-bond donors (Lipinski definition) is 3. The van der Waals surface area contributed by atoms with E-state index in [9.17, 15) is 4.79 Å². The van der Waals surface area contributed by atoms with Crippen LogP contribution in [0.5, 0.6) is 0 Å². The minimum atomic E-state index is -0.840. The van der Waals surface area contributed by atoms with Gasteiger partial charge in [0.15, 0.2) is 0 Å². The summed E-state index contributed by atoms with van der Waals surface area (Å²) in [5.41, 5.74) is -0.555. The molecule has 0 atom stereocenters. The molecule has 6 nitrogen and oxygen atoms in total. The van der Waals surface area contributed by atoms with Gasteiger partial charge in [-0.25, -0.2) is 9.97 Å². The van der Waals surface area contributed by atoms with Gasteiger partial charge in [-0.2, -0.15) is 0 Å². The Morgan fingerprint density at radius 1 is 1.37 bits per heavy atom. The van der Waals surface area contributed by atoms with Crippen molar-refractivity contribution in [2.24, 2.45) is 0 Å². The molecule has 0 saturated heterocycles. The quantitative estimate of drug-likeness (QED) is 0.626. The van der Waals surface area contributed by atoms with Crippen LogP contribution in [0.1, 0.15) is 40.0 Å². The van der Waals surface area contributed by atoms with Crippen molar-refractivity contribution in [2.45, 2.75) is 45.6 Å². The highest BCUT2D eigenvalue weighted by molar-refractivity contribution is 5.69. The van der Waals surface area contributed by atoms with E-state index in [1.165, 1.54) is 6.33 Å². The third kappa shape index (κ3) is 6.03. The first-order valence-corrected chi connectivity index (χ1v) is 6.49. The molecular formula is C13H22N4O2. The molecule has 0 aliphatic heterocycles. The van der Waals surface area contributed by atoms with E-state index >= 15 is 0 Å². The van der Waals surface area contributed by atoms with Gasteiger partial charge in [0, 0.05) is 18.2 Å². The first kappa shape index (κ1) is 15.2. The highest BCUT2D eigenvalue weighted by atomic mass is 16.4. The Kier molecular flexibility index (Phi) is 5.54. The van der Waals surface area contributed by atoms with Crippen molar-refractivity contribution in [3.8, 4) is 0 Å². The number of anilines is 2. The van der Waals surface area contributed by atoms with Gasteiger partial charge in [0.05, 0.1) is 6.42 Å². The Morgan fingerprint density at radius 2 is 2.05 bits per heavy atom. The number of aromatic nitrogens is 2. The molecule has 1 heterocycles. The summed E-state index contributed by atoms with van der Waals surface area (Å²) in [5.74, 6) is 0.533. The second kappa shape index (κ2) is 6.92. The SMILES string of the molecule is CCCCNc1cc(NC(C)(C)CC(=O)O)ncn1. The van der Waals surface area contributed by atoms with E-state index < -0.39 is 11.5 Å². The number of carbonyl (C=O) groups is 1.